The van der Waals surface area contributed by atoms with Crippen LogP contribution in [0.5, 0.6) is 0 Å². The summed E-state index contributed by atoms with van der Waals surface area (Å²) in [5.41, 5.74) is 1.35. The third-order valence-electron chi connectivity index (χ3n) is 6.05. The monoisotopic (exact) mass is 404 g/mol. The molecule has 0 aliphatic carbocycles. The first-order valence-corrected chi connectivity index (χ1v) is 10.3. The van der Waals surface area contributed by atoms with Gasteiger partial charge in [0.05, 0.1) is 36.5 Å². The average molecular weight is 404 g/mol. The smallest absolute Gasteiger partial charge is 0.410 e. The van der Waals surface area contributed by atoms with Crippen LogP contribution in [0.15, 0.2) is 66.7 Å². The Morgan fingerprint density at radius 1 is 1.03 bits per heavy atom. The van der Waals surface area contributed by atoms with E-state index in [9.17, 15) is 9.90 Å². The van der Waals surface area contributed by atoms with Crippen LogP contribution < -0.4 is 0 Å². The van der Waals surface area contributed by atoms with Gasteiger partial charge >= 0.3 is 6.09 Å². The van der Waals surface area contributed by atoms with Crippen LogP contribution in [0.1, 0.15) is 24.1 Å². The van der Waals surface area contributed by atoms with Crippen molar-refractivity contribution in [1.82, 2.24) is 9.88 Å². The summed E-state index contributed by atoms with van der Waals surface area (Å²) in [6.07, 6.45) is 0.385. The molecule has 0 radical (unpaired) electrons. The number of amides is 1. The van der Waals surface area contributed by atoms with Crippen LogP contribution in [-0.2, 0) is 21.7 Å². The van der Waals surface area contributed by atoms with Crippen molar-refractivity contribution in [2.75, 3.05) is 13.2 Å². The van der Waals surface area contributed by atoms with Crippen LogP contribution >= 0.6 is 0 Å². The normalized spacial score (nSPS) is 25.8. The van der Waals surface area contributed by atoms with E-state index in [1.807, 2.05) is 66.7 Å². The summed E-state index contributed by atoms with van der Waals surface area (Å²) in [5.74, 6) is 0. The fraction of sp³-hybridized carbons (Fsp3) is 0.333. The average Bonchev–Trinajstić information content (AvgIpc) is 2.77. The maximum Gasteiger partial charge on any atom is 0.410 e. The second kappa shape index (κ2) is 7.70. The molecule has 2 aliphatic rings. The lowest BCUT2D eigenvalue weighted by Crippen LogP contribution is -2.62. The third kappa shape index (κ3) is 3.53. The molecular formula is C24H24N2O4. The topological polar surface area (TPSA) is 71.9 Å². The lowest BCUT2D eigenvalue weighted by Gasteiger charge is -2.50. The highest BCUT2D eigenvalue weighted by Crippen LogP contribution is 2.41. The molecule has 154 valence electrons. The number of ether oxygens (including phenoxy) is 2. The van der Waals surface area contributed by atoms with E-state index in [0.29, 0.717) is 31.7 Å². The Morgan fingerprint density at radius 2 is 1.73 bits per heavy atom. The maximum atomic E-state index is 12.9. The number of carbonyl (C=O) groups excluding carboxylic acids is 1. The number of pyridine rings is 1. The van der Waals surface area contributed by atoms with Crippen LogP contribution in [-0.4, -0.2) is 46.4 Å². The SMILES string of the molecule is O=C(OCc1ccccc1)N1C2COCC1CC(O)(c1ccc3ccccc3n1)C2. The summed E-state index contributed by atoms with van der Waals surface area (Å²) in [4.78, 5) is 19.3. The lowest BCUT2D eigenvalue weighted by molar-refractivity contribution is -0.138. The predicted molar refractivity (Wildman–Crippen MR) is 112 cm³/mol. The number of morpholine rings is 1. The quantitative estimate of drug-likeness (QED) is 0.722. The summed E-state index contributed by atoms with van der Waals surface area (Å²) in [6.45, 7) is 0.993. The summed E-state index contributed by atoms with van der Waals surface area (Å²) in [7, 11) is 0. The van der Waals surface area contributed by atoms with Gasteiger partial charge in [-0.2, -0.15) is 0 Å². The molecule has 2 saturated heterocycles. The van der Waals surface area contributed by atoms with E-state index in [0.717, 1.165) is 16.5 Å². The standard InChI is InChI=1S/C24H24N2O4/c27-23(30-14-17-6-2-1-3-7-17)26-19-12-24(28,13-20(26)16-29-15-19)22-11-10-18-8-4-5-9-21(18)25-22/h1-11,19-20,28H,12-16H2. The molecule has 6 nitrogen and oxygen atoms in total. The predicted octanol–water partition coefficient (Wildman–Crippen LogP) is 3.62. The Kier molecular flexibility index (Phi) is 4.89. The number of piperidine rings is 1. The number of carbonyl (C=O) groups is 1. The van der Waals surface area contributed by atoms with Crippen LogP contribution in [0.3, 0.4) is 0 Å². The zero-order valence-corrected chi connectivity index (χ0v) is 16.6. The molecule has 2 unspecified atom stereocenters. The number of fused-ring (bicyclic) bond motifs is 3. The number of nitrogens with zero attached hydrogens (tertiary/aromatic N) is 2. The molecule has 2 atom stereocenters. The molecule has 3 aromatic rings. The molecule has 1 N–H and O–H groups in total. The Labute approximate surface area is 175 Å². The van der Waals surface area contributed by atoms with E-state index in [-0.39, 0.29) is 24.8 Å². The minimum Gasteiger partial charge on any atom is -0.445 e. The fourth-order valence-electron chi connectivity index (χ4n) is 4.60. The van der Waals surface area contributed by atoms with Crippen molar-refractivity contribution in [2.24, 2.45) is 0 Å². The van der Waals surface area contributed by atoms with Gasteiger partial charge in [0, 0.05) is 18.2 Å². The molecule has 1 aromatic heterocycles. The van der Waals surface area contributed by atoms with Crippen molar-refractivity contribution in [3.63, 3.8) is 0 Å². The Hall–Kier alpha value is -2.96. The van der Waals surface area contributed by atoms with Crippen molar-refractivity contribution in [1.29, 1.82) is 0 Å². The molecule has 0 spiro atoms. The number of para-hydroxylation sites is 1. The van der Waals surface area contributed by atoms with E-state index in [4.69, 9.17) is 14.5 Å². The lowest BCUT2D eigenvalue weighted by atomic mass is 9.79. The van der Waals surface area contributed by atoms with Gasteiger partial charge in [0.15, 0.2) is 0 Å². The van der Waals surface area contributed by atoms with Crippen molar-refractivity contribution >= 4 is 17.0 Å². The van der Waals surface area contributed by atoms with Gasteiger partial charge in [-0.05, 0) is 17.7 Å². The van der Waals surface area contributed by atoms with Crippen molar-refractivity contribution in [3.05, 3.63) is 78.0 Å². The fourth-order valence-corrected chi connectivity index (χ4v) is 4.60. The summed E-state index contributed by atoms with van der Waals surface area (Å²) in [5, 5.41) is 12.6. The molecule has 30 heavy (non-hydrogen) atoms. The highest BCUT2D eigenvalue weighted by molar-refractivity contribution is 5.78. The minimum absolute atomic E-state index is 0.229. The first-order valence-electron chi connectivity index (χ1n) is 10.3. The second-order valence-corrected chi connectivity index (χ2v) is 8.12. The Bertz CT molecular complexity index is 1040. The van der Waals surface area contributed by atoms with Crippen molar-refractivity contribution < 1.29 is 19.4 Å². The Balaban J connectivity index is 1.35. The summed E-state index contributed by atoms with van der Waals surface area (Å²) < 4.78 is 11.3. The first kappa shape index (κ1) is 19.0. The maximum absolute atomic E-state index is 12.9. The number of hydrogen-bond donors (Lipinski definition) is 1. The zero-order chi connectivity index (χ0) is 20.6. The van der Waals surface area contributed by atoms with E-state index < -0.39 is 5.60 Å². The minimum atomic E-state index is -1.10. The number of aliphatic hydroxyl groups is 1. The molecule has 2 aromatic carbocycles. The van der Waals surface area contributed by atoms with Gasteiger partial charge < -0.3 is 14.6 Å². The first-order chi connectivity index (χ1) is 14.6. The van der Waals surface area contributed by atoms with Gasteiger partial charge in [0.2, 0.25) is 0 Å². The van der Waals surface area contributed by atoms with Gasteiger partial charge in [0.1, 0.15) is 12.2 Å². The largest absolute Gasteiger partial charge is 0.445 e. The van der Waals surface area contributed by atoms with Crippen LogP contribution in [0, 0.1) is 0 Å². The highest BCUT2D eigenvalue weighted by Gasteiger charge is 2.50. The van der Waals surface area contributed by atoms with Crippen molar-refractivity contribution in [2.45, 2.75) is 37.1 Å². The molecule has 2 fully saturated rings. The number of rotatable bonds is 3. The van der Waals surface area contributed by atoms with E-state index in [1.165, 1.54) is 0 Å². The van der Waals surface area contributed by atoms with Gasteiger partial charge in [0.25, 0.3) is 0 Å². The highest BCUT2D eigenvalue weighted by atomic mass is 16.6. The van der Waals surface area contributed by atoms with Crippen molar-refractivity contribution in [3.8, 4) is 0 Å². The van der Waals surface area contributed by atoms with Gasteiger partial charge in [-0.15, -0.1) is 0 Å². The number of aromatic nitrogens is 1. The molecule has 5 rings (SSSR count). The summed E-state index contributed by atoms with van der Waals surface area (Å²) >= 11 is 0. The third-order valence-corrected chi connectivity index (χ3v) is 6.05. The molecule has 2 bridgehead atoms. The van der Waals surface area contributed by atoms with Crippen LogP contribution in [0.2, 0.25) is 0 Å². The van der Waals surface area contributed by atoms with Crippen LogP contribution in [0.25, 0.3) is 10.9 Å². The molecule has 3 heterocycles. The van der Waals surface area contributed by atoms with E-state index >= 15 is 0 Å². The number of benzene rings is 2. The zero-order valence-electron chi connectivity index (χ0n) is 16.6. The van der Waals surface area contributed by atoms with E-state index in [1.54, 1.807) is 4.90 Å². The van der Waals surface area contributed by atoms with E-state index in [2.05, 4.69) is 0 Å². The molecule has 1 amide bonds. The number of hydrogen-bond acceptors (Lipinski definition) is 5. The van der Waals surface area contributed by atoms with Gasteiger partial charge in [-0.1, -0.05) is 54.6 Å². The Morgan fingerprint density at radius 3 is 2.50 bits per heavy atom. The second-order valence-electron chi connectivity index (χ2n) is 8.12. The van der Waals surface area contributed by atoms with Gasteiger partial charge in [-0.25, -0.2) is 9.78 Å². The van der Waals surface area contributed by atoms with Gasteiger partial charge in [-0.3, -0.25) is 4.90 Å². The summed E-state index contributed by atoms with van der Waals surface area (Å²) in [6, 6.07) is 20.9. The van der Waals surface area contributed by atoms with Crippen LogP contribution in [0.4, 0.5) is 4.79 Å². The molecule has 2 aliphatic heterocycles. The molecule has 6 heteroatoms. The molecular weight excluding hydrogens is 380 g/mol. The molecule has 0 saturated carbocycles.